The molecule has 7 nitrogen and oxygen atoms in total. The zero-order valence-electron chi connectivity index (χ0n) is 9.01. The minimum absolute atomic E-state index is 0.00259. The lowest BCUT2D eigenvalue weighted by Crippen LogP contribution is -2.54. The lowest BCUT2D eigenvalue weighted by Gasteiger charge is -2.27. The van der Waals surface area contributed by atoms with Gasteiger partial charge in [-0.3, -0.25) is 19.7 Å². The largest absolute Gasteiger partial charge is 0.324 e. The first-order valence-corrected chi connectivity index (χ1v) is 7.01. The van der Waals surface area contributed by atoms with Crippen LogP contribution < -0.4 is 5.32 Å². The summed E-state index contributed by atoms with van der Waals surface area (Å²) in [7, 11) is -3.14. The summed E-state index contributed by atoms with van der Waals surface area (Å²) in [6.07, 6.45) is 0.271. The van der Waals surface area contributed by atoms with Gasteiger partial charge < -0.3 is 4.90 Å². The second-order valence-electron chi connectivity index (χ2n) is 4.27. The van der Waals surface area contributed by atoms with E-state index in [0.29, 0.717) is 0 Å². The third kappa shape index (κ3) is 2.63. The molecule has 0 spiro atoms. The Labute approximate surface area is 98.1 Å². The summed E-state index contributed by atoms with van der Waals surface area (Å²) in [5.74, 6) is -2.28. The van der Waals surface area contributed by atoms with Crippen LogP contribution in [-0.4, -0.2) is 55.6 Å². The molecule has 94 valence electrons. The van der Waals surface area contributed by atoms with Gasteiger partial charge in [0.15, 0.2) is 9.84 Å². The Morgan fingerprint density at radius 3 is 2.29 bits per heavy atom. The van der Waals surface area contributed by atoms with Crippen LogP contribution in [0.25, 0.3) is 0 Å². The highest BCUT2D eigenvalue weighted by molar-refractivity contribution is 7.91. The molecular weight excluding hydrogens is 248 g/mol. The number of imide groups is 1. The zero-order valence-corrected chi connectivity index (χ0v) is 9.83. The smallest absolute Gasteiger partial charge is 0.246 e. The molecule has 0 radical (unpaired) electrons. The molecule has 1 atom stereocenters. The fourth-order valence-electron chi connectivity index (χ4n) is 2.04. The molecule has 2 aliphatic rings. The number of nitrogens with zero attached hydrogens (tertiary/aromatic N) is 1. The molecule has 0 aromatic rings. The van der Waals surface area contributed by atoms with E-state index in [2.05, 4.69) is 5.32 Å². The van der Waals surface area contributed by atoms with Gasteiger partial charge in [-0.25, -0.2) is 8.42 Å². The number of piperazine rings is 1. The summed E-state index contributed by atoms with van der Waals surface area (Å²) in [6, 6.07) is 0. The Kier molecular flexibility index (Phi) is 2.90. The van der Waals surface area contributed by atoms with E-state index in [1.165, 1.54) is 0 Å². The first-order valence-electron chi connectivity index (χ1n) is 5.19. The molecule has 2 rings (SSSR count). The highest BCUT2D eigenvalue weighted by Gasteiger charge is 2.37. The number of rotatable bonds is 1. The molecule has 0 bridgehead atoms. The van der Waals surface area contributed by atoms with Crippen LogP contribution in [0.3, 0.4) is 0 Å². The maximum absolute atomic E-state index is 11.9. The summed E-state index contributed by atoms with van der Waals surface area (Å²) in [5, 5.41) is 2.08. The Hall–Kier alpha value is -1.44. The van der Waals surface area contributed by atoms with Gasteiger partial charge in [-0.2, -0.15) is 0 Å². The quantitative estimate of drug-likeness (QED) is 0.545. The van der Waals surface area contributed by atoms with Crippen molar-refractivity contribution in [3.05, 3.63) is 0 Å². The SMILES string of the molecule is O=C1CN(C(=O)C2CCS(=O)(=O)C2)CC(=O)N1. The summed E-state index contributed by atoms with van der Waals surface area (Å²) in [6.45, 7) is -0.359. The van der Waals surface area contributed by atoms with Crippen LogP contribution in [-0.2, 0) is 24.2 Å². The molecule has 0 aliphatic carbocycles. The van der Waals surface area contributed by atoms with Crippen LogP contribution >= 0.6 is 0 Å². The number of sulfone groups is 1. The molecule has 1 unspecified atom stereocenters. The number of nitrogens with one attached hydrogen (secondary N) is 1. The van der Waals surface area contributed by atoms with Crippen LogP contribution in [0.4, 0.5) is 0 Å². The van der Waals surface area contributed by atoms with Crippen molar-refractivity contribution in [1.82, 2.24) is 10.2 Å². The van der Waals surface area contributed by atoms with E-state index in [1.807, 2.05) is 0 Å². The summed E-state index contributed by atoms with van der Waals surface area (Å²) in [5.41, 5.74) is 0. The van der Waals surface area contributed by atoms with E-state index >= 15 is 0 Å². The molecule has 1 N–H and O–H groups in total. The van der Waals surface area contributed by atoms with Gasteiger partial charge in [0.05, 0.1) is 17.4 Å². The molecule has 2 aliphatic heterocycles. The van der Waals surface area contributed by atoms with Gasteiger partial charge in [0.25, 0.3) is 0 Å². The Morgan fingerprint density at radius 1 is 1.24 bits per heavy atom. The van der Waals surface area contributed by atoms with Crippen molar-refractivity contribution >= 4 is 27.6 Å². The molecule has 8 heteroatoms. The van der Waals surface area contributed by atoms with Crippen molar-refractivity contribution in [3.8, 4) is 0 Å². The Balaban J connectivity index is 2.05. The number of carbonyl (C=O) groups excluding carboxylic acids is 3. The summed E-state index contributed by atoms with van der Waals surface area (Å²) < 4.78 is 22.5. The molecule has 0 aromatic heterocycles. The first-order chi connectivity index (χ1) is 7.87. The number of amides is 3. The van der Waals surface area contributed by atoms with Crippen LogP contribution in [0.1, 0.15) is 6.42 Å². The van der Waals surface area contributed by atoms with Gasteiger partial charge in [0.1, 0.15) is 13.1 Å². The van der Waals surface area contributed by atoms with Crippen molar-refractivity contribution in [2.45, 2.75) is 6.42 Å². The number of hydrogen-bond donors (Lipinski definition) is 1. The van der Waals surface area contributed by atoms with Crippen LogP contribution in [0.15, 0.2) is 0 Å². The normalized spacial score (nSPS) is 28.0. The third-order valence-corrected chi connectivity index (χ3v) is 4.61. The van der Waals surface area contributed by atoms with Crippen molar-refractivity contribution < 1.29 is 22.8 Å². The molecule has 17 heavy (non-hydrogen) atoms. The summed E-state index contributed by atoms with van der Waals surface area (Å²) >= 11 is 0. The van der Waals surface area contributed by atoms with Crippen molar-refractivity contribution in [3.63, 3.8) is 0 Å². The molecule has 0 saturated carbocycles. The fourth-order valence-corrected chi connectivity index (χ4v) is 3.77. The van der Waals surface area contributed by atoms with Gasteiger partial charge in [0, 0.05) is 0 Å². The topological polar surface area (TPSA) is 101 Å². The maximum atomic E-state index is 11.9. The molecule has 2 fully saturated rings. The lowest BCUT2D eigenvalue weighted by molar-refractivity contribution is -0.147. The third-order valence-electron chi connectivity index (χ3n) is 2.84. The predicted molar refractivity (Wildman–Crippen MR) is 56.5 cm³/mol. The van der Waals surface area contributed by atoms with Gasteiger partial charge in [0.2, 0.25) is 17.7 Å². The molecule has 3 amide bonds. The minimum Gasteiger partial charge on any atom is -0.324 e. The van der Waals surface area contributed by atoms with E-state index in [1.54, 1.807) is 0 Å². The van der Waals surface area contributed by atoms with E-state index < -0.39 is 33.5 Å². The monoisotopic (exact) mass is 260 g/mol. The van der Waals surface area contributed by atoms with Crippen LogP contribution in [0.5, 0.6) is 0 Å². The highest BCUT2D eigenvalue weighted by atomic mass is 32.2. The van der Waals surface area contributed by atoms with Gasteiger partial charge in [-0.15, -0.1) is 0 Å². The highest BCUT2D eigenvalue weighted by Crippen LogP contribution is 2.20. The fraction of sp³-hybridized carbons (Fsp3) is 0.667. The van der Waals surface area contributed by atoms with E-state index in [0.717, 1.165) is 4.90 Å². The van der Waals surface area contributed by atoms with Gasteiger partial charge >= 0.3 is 0 Å². The van der Waals surface area contributed by atoms with Gasteiger partial charge in [-0.05, 0) is 6.42 Å². The van der Waals surface area contributed by atoms with Crippen LogP contribution in [0.2, 0.25) is 0 Å². The molecular formula is C9H12N2O5S. The maximum Gasteiger partial charge on any atom is 0.246 e. The lowest BCUT2D eigenvalue weighted by atomic mass is 10.1. The summed E-state index contributed by atoms with van der Waals surface area (Å²) in [4.78, 5) is 35.2. The number of hydrogen-bond acceptors (Lipinski definition) is 5. The number of carbonyl (C=O) groups is 3. The molecule has 2 heterocycles. The predicted octanol–water partition coefficient (Wildman–Crippen LogP) is -2.09. The zero-order chi connectivity index (χ0) is 12.6. The second-order valence-corrected chi connectivity index (χ2v) is 6.49. The van der Waals surface area contributed by atoms with Crippen molar-refractivity contribution in [2.24, 2.45) is 5.92 Å². The van der Waals surface area contributed by atoms with Crippen molar-refractivity contribution in [1.29, 1.82) is 0 Å². The van der Waals surface area contributed by atoms with Crippen molar-refractivity contribution in [2.75, 3.05) is 24.6 Å². The van der Waals surface area contributed by atoms with Crippen LogP contribution in [0, 0.1) is 5.92 Å². The molecule has 2 saturated heterocycles. The average Bonchev–Trinajstić information content (AvgIpc) is 2.56. The average molecular weight is 260 g/mol. The Bertz CT molecular complexity index is 468. The molecule has 0 aromatic carbocycles. The van der Waals surface area contributed by atoms with E-state index in [9.17, 15) is 22.8 Å². The van der Waals surface area contributed by atoms with E-state index in [-0.39, 0.29) is 31.0 Å². The Morgan fingerprint density at radius 2 is 1.82 bits per heavy atom. The van der Waals surface area contributed by atoms with Gasteiger partial charge in [-0.1, -0.05) is 0 Å². The minimum atomic E-state index is -3.14. The standard InChI is InChI=1S/C9H12N2O5S/c12-7-3-11(4-8(13)10-7)9(14)6-1-2-17(15,16)5-6/h6H,1-5H2,(H,10,12,13). The van der Waals surface area contributed by atoms with E-state index in [4.69, 9.17) is 0 Å². The first kappa shape index (κ1) is 12.0. The second kappa shape index (κ2) is 4.10.